The lowest BCUT2D eigenvalue weighted by atomic mass is 10.2. The molecule has 10 heteroatoms. The highest BCUT2D eigenvalue weighted by atomic mass is 32.2. The topological polar surface area (TPSA) is 66.8 Å². The van der Waals surface area contributed by atoms with Crippen LogP contribution in [0.4, 0.5) is 18.2 Å². The second-order valence-corrected chi connectivity index (χ2v) is 9.31. The zero-order chi connectivity index (χ0) is 21.2. The first-order valence-corrected chi connectivity index (χ1v) is 11.0. The van der Waals surface area contributed by atoms with Crippen LogP contribution in [0.15, 0.2) is 48.5 Å². The predicted octanol–water partition coefficient (Wildman–Crippen LogP) is 4.44. The molecule has 156 valence electrons. The minimum Gasteiger partial charge on any atom is -0.406 e. The van der Waals surface area contributed by atoms with Gasteiger partial charge in [-0.05, 0) is 41.6 Å². The summed E-state index contributed by atoms with van der Waals surface area (Å²) < 4.78 is 68.6. The van der Waals surface area contributed by atoms with Gasteiger partial charge in [-0.3, -0.25) is 4.31 Å². The fraction of sp³-hybridized carbons (Fsp3) is 0.263. The van der Waals surface area contributed by atoms with Crippen LogP contribution >= 0.6 is 11.3 Å². The first-order chi connectivity index (χ1) is 13.6. The molecule has 0 saturated heterocycles. The summed E-state index contributed by atoms with van der Waals surface area (Å²) in [5.74, 6) is -0.847. The molecule has 0 radical (unpaired) electrons. The summed E-state index contributed by atoms with van der Waals surface area (Å²) in [6.07, 6.45) is -4.80. The van der Waals surface area contributed by atoms with Crippen molar-refractivity contribution < 1.29 is 31.4 Å². The number of halogens is 3. The molecular formula is C19H18F3NO4S2. The van der Waals surface area contributed by atoms with Gasteiger partial charge in [0.25, 0.3) is 0 Å². The van der Waals surface area contributed by atoms with Crippen molar-refractivity contribution in [3.63, 3.8) is 0 Å². The highest BCUT2D eigenvalue weighted by Gasteiger charge is 2.31. The van der Waals surface area contributed by atoms with Crippen molar-refractivity contribution in [2.45, 2.75) is 19.8 Å². The summed E-state index contributed by atoms with van der Waals surface area (Å²) in [6, 6.07) is 12.5. The molecule has 0 amide bonds. The Bertz CT molecular complexity index is 1090. The molecule has 0 spiro atoms. The molecule has 0 atom stereocenters. The Morgan fingerprint density at radius 3 is 2.34 bits per heavy atom. The standard InChI is InChI=1S/C19H18F3NO4S2/c1-13-16-4-2-3-5-17(16)28-18(13)23(29(25,26)11-10-24)12-14-6-8-15(9-7-14)27-19(20,21)22/h2-9,24H,10-12H2,1H3. The fourth-order valence-electron chi connectivity index (χ4n) is 2.88. The first-order valence-electron chi connectivity index (χ1n) is 8.55. The van der Waals surface area contributed by atoms with Gasteiger partial charge in [-0.1, -0.05) is 30.3 Å². The molecule has 3 aromatic rings. The molecule has 0 aliphatic heterocycles. The summed E-state index contributed by atoms with van der Waals surface area (Å²) >= 11 is 1.31. The van der Waals surface area contributed by atoms with Crippen LogP contribution in [0.2, 0.25) is 0 Å². The van der Waals surface area contributed by atoms with E-state index in [9.17, 15) is 26.7 Å². The van der Waals surface area contributed by atoms with E-state index < -0.39 is 28.7 Å². The minimum atomic E-state index is -4.80. The van der Waals surface area contributed by atoms with Crippen molar-refractivity contribution in [2.24, 2.45) is 0 Å². The van der Waals surface area contributed by atoms with E-state index >= 15 is 0 Å². The number of fused-ring (bicyclic) bond motifs is 1. The third kappa shape index (κ3) is 5.01. The van der Waals surface area contributed by atoms with Crippen LogP contribution < -0.4 is 9.04 Å². The van der Waals surface area contributed by atoms with Gasteiger partial charge in [0.2, 0.25) is 10.0 Å². The fourth-order valence-corrected chi connectivity index (χ4v) is 5.64. The smallest absolute Gasteiger partial charge is 0.406 e. The Morgan fingerprint density at radius 1 is 1.10 bits per heavy atom. The van der Waals surface area contributed by atoms with E-state index in [4.69, 9.17) is 0 Å². The minimum absolute atomic E-state index is 0.0811. The third-order valence-electron chi connectivity index (χ3n) is 4.21. The van der Waals surface area contributed by atoms with Gasteiger partial charge >= 0.3 is 6.36 Å². The van der Waals surface area contributed by atoms with Crippen LogP contribution in [0.25, 0.3) is 10.1 Å². The van der Waals surface area contributed by atoms with Gasteiger partial charge in [0, 0.05) is 4.70 Å². The molecule has 29 heavy (non-hydrogen) atoms. The number of aliphatic hydroxyl groups is 1. The molecule has 2 aromatic carbocycles. The van der Waals surface area contributed by atoms with E-state index in [-0.39, 0.29) is 12.3 Å². The Morgan fingerprint density at radius 2 is 1.76 bits per heavy atom. The maximum atomic E-state index is 12.8. The lowest BCUT2D eigenvalue weighted by Crippen LogP contribution is -2.33. The van der Waals surface area contributed by atoms with Gasteiger partial charge in [-0.2, -0.15) is 0 Å². The number of nitrogens with zero attached hydrogens (tertiary/aromatic N) is 1. The molecule has 1 N–H and O–H groups in total. The van der Waals surface area contributed by atoms with Crippen LogP contribution in [-0.2, 0) is 16.6 Å². The lowest BCUT2D eigenvalue weighted by Gasteiger charge is -2.24. The van der Waals surface area contributed by atoms with Crippen LogP contribution in [-0.4, -0.2) is 32.2 Å². The van der Waals surface area contributed by atoms with Crippen molar-refractivity contribution in [3.8, 4) is 5.75 Å². The van der Waals surface area contributed by atoms with Crippen LogP contribution in [0, 0.1) is 6.92 Å². The Labute approximate surface area is 170 Å². The summed E-state index contributed by atoms with van der Waals surface area (Å²) in [7, 11) is -3.85. The van der Waals surface area contributed by atoms with Crippen molar-refractivity contribution in [2.75, 3.05) is 16.7 Å². The number of alkyl halides is 3. The van der Waals surface area contributed by atoms with Crippen molar-refractivity contribution in [1.82, 2.24) is 0 Å². The molecule has 1 heterocycles. The second-order valence-electron chi connectivity index (χ2n) is 6.27. The average molecular weight is 445 g/mol. The van der Waals surface area contributed by atoms with E-state index in [0.29, 0.717) is 10.6 Å². The Hall–Kier alpha value is -2.30. The van der Waals surface area contributed by atoms with Gasteiger partial charge < -0.3 is 9.84 Å². The number of aliphatic hydroxyl groups excluding tert-OH is 1. The van der Waals surface area contributed by atoms with E-state index in [1.165, 1.54) is 27.8 Å². The number of ether oxygens (including phenoxy) is 1. The lowest BCUT2D eigenvalue weighted by molar-refractivity contribution is -0.274. The number of hydrogen-bond donors (Lipinski definition) is 1. The summed E-state index contributed by atoms with van der Waals surface area (Å²) in [5.41, 5.74) is 1.27. The van der Waals surface area contributed by atoms with Gasteiger partial charge in [0.05, 0.1) is 18.9 Å². The van der Waals surface area contributed by atoms with Crippen LogP contribution in [0.3, 0.4) is 0 Å². The molecule has 0 unspecified atom stereocenters. The summed E-state index contributed by atoms with van der Waals surface area (Å²) in [6.45, 7) is 1.19. The van der Waals surface area contributed by atoms with Crippen molar-refractivity contribution >= 4 is 36.4 Å². The highest BCUT2D eigenvalue weighted by molar-refractivity contribution is 7.93. The largest absolute Gasteiger partial charge is 0.573 e. The van der Waals surface area contributed by atoms with Crippen LogP contribution in [0.5, 0.6) is 5.75 Å². The molecule has 0 bridgehead atoms. The van der Waals surface area contributed by atoms with Gasteiger partial charge in [0.1, 0.15) is 10.8 Å². The average Bonchev–Trinajstić information content (AvgIpc) is 2.96. The van der Waals surface area contributed by atoms with Gasteiger partial charge in [-0.25, -0.2) is 8.42 Å². The molecule has 5 nitrogen and oxygen atoms in total. The quantitative estimate of drug-likeness (QED) is 0.584. The number of benzene rings is 2. The SMILES string of the molecule is Cc1c(N(Cc2ccc(OC(F)(F)F)cc2)S(=O)(=O)CCO)sc2ccccc12. The molecule has 1 aromatic heterocycles. The molecule has 0 aliphatic rings. The molecular weight excluding hydrogens is 427 g/mol. The van der Waals surface area contributed by atoms with Crippen molar-refractivity contribution in [3.05, 3.63) is 59.7 Å². The summed E-state index contributed by atoms with van der Waals surface area (Å²) in [5, 5.41) is 10.6. The summed E-state index contributed by atoms with van der Waals surface area (Å²) in [4.78, 5) is 0. The number of anilines is 1. The van der Waals surface area contributed by atoms with Gasteiger partial charge in [-0.15, -0.1) is 24.5 Å². The van der Waals surface area contributed by atoms with Crippen molar-refractivity contribution in [1.29, 1.82) is 0 Å². The van der Waals surface area contributed by atoms with E-state index in [1.807, 2.05) is 31.2 Å². The number of thiophene rings is 1. The molecule has 3 rings (SSSR count). The number of sulfonamides is 1. The van der Waals surface area contributed by atoms with E-state index in [2.05, 4.69) is 4.74 Å². The maximum absolute atomic E-state index is 12.8. The Balaban J connectivity index is 1.97. The molecule has 0 aliphatic carbocycles. The predicted molar refractivity (Wildman–Crippen MR) is 107 cm³/mol. The van der Waals surface area contributed by atoms with Crippen LogP contribution in [0.1, 0.15) is 11.1 Å². The second kappa shape index (κ2) is 8.21. The molecule has 0 saturated carbocycles. The number of hydrogen-bond acceptors (Lipinski definition) is 5. The third-order valence-corrected chi connectivity index (χ3v) is 7.31. The zero-order valence-corrected chi connectivity index (χ0v) is 16.9. The highest BCUT2D eigenvalue weighted by Crippen LogP contribution is 2.39. The van der Waals surface area contributed by atoms with E-state index in [0.717, 1.165) is 27.8 Å². The van der Waals surface area contributed by atoms with Gasteiger partial charge in [0.15, 0.2) is 0 Å². The first kappa shape index (κ1) is 21.4. The number of rotatable bonds is 7. The zero-order valence-electron chi connectivity index (χ0n) is 15.3. The Kier molecular flexibility index (Phi) is 6.06. The number of aryl methyl sites for hydroxylation is 1. The maximum Gasteiger partial charge on any atom is 0.573 e. The normalized spacial score (nSPS) is 12.3. The molecule has 0 fully saturated rings. The van der Waals surface area contributed by atoms with E-state index in [1.54, 1.807) is 0 Å². The monoisotopic (exact) mass is 445 g/mol.